The third-order valence-corrected chi connectivity index (χ3v) is 4.49. The molecule has 4 rings (SSSR count). The lowest BCUT2D eigenvalue weighted by atomic mass is 10.2. The minimum atomic E-state index is -0.139. The molecule has 0 spiro atoms. The molecule has 0 radical (unpaired) electrons. The zero-order valence-corrected chi connectivity index (χ0v) is 13.4. The molecule has 0 N–H and O–H groups in total. The Balaban J connectivity index is 1.54. The van der Waals surface area contributed by atoms with Crippen molar-refractivity contribution < 1.29 is 13.8 Å². The van der Waals surface area contributed by atoms with E-state index in [0.717, 1.165) is 31.4 Å². The van der Waals surface area contributed by atoms with Crippen molar-refractivity contribution in [1.29, 1.82) is 0 Å². The molecule has 23 heavy (non-hydrogen) atoms. The molecular weight excluding hydrogens is 296 g/mol. The van der Waals surface area contributed by atoms with Crippen LogP contribution in [0.25, 0.3) is 0 Å². The number of hydrogen-bond acceptors (Lipinski definition) is 6. The van der Waals surface area contributed by atoms with Crippen LogP contribution >= 0.6 is 0 Å². The van der Waals surface area contributed by atoms with Crippen LogP contribution in [-0.4, -0.2) is 32.6 Å². The highest BCUT2D eigenvalue weighted by Gasteiger charge is 2.36. The molecule has 2 fully saturated rings. The van der Waals surface area contributed by atoms with Crippen molar-refractivity contribution in [2.45, 2.75) is 57.4 Å². The van der Waals surface area contributed by atoms with Crippen LogP contribution in [0.4, 0.5) is 0 Å². The van der Waals surface area contributed by atoms with E-state index in [2.05, 4.69) is 15.3 Å². The molecule has 0 aromatic carbocycles. The number of carbonyl (C=O) groups is 1. The molecule has 3 heterocycles. The Morgan fingerprint density at radius 1 is 1.26 bits per heavy atom. The van der Waals surface area contributed by atoms with E-state index >= 15 is 0 Å². The highest BCUT2D eigenvalue weighted by atomic mass is 16.5. The van der Waals surface area contributed by atoms with E-state index in [-0.39, 0.29) is 17.9 Å². The fourth-order valence-electron chi connectivity index (χ4n) is 2.99. The van der Waals surface area contributed by atoms with Crippen molar-refractivity contribution in [3.8, 4) is 0 Å². The monoisotopic (exact) mass is 316 g/mol. The number of hydrogen-bond donors (Lipinski definition) is 0. The van der Waals surface area contributed by atoms with E-state index in [9.17, 15) is 4.79 Å². The van der Waals surface area contributed by atoms with Crippen LogP contribution in [0.15, 0.2) is 15.1 Å². The first kappa shape index (κ1) is 14.4. The maximum absolute atomic E-state index is 12.7. The lowest BCUT2D eigenvalue weighted by Gasteiger charge is -2.20. The molecule has 1 saturated carbocycles. The second-order valence-corrected chi connectivity index (χ2v) is 6.69. The van der Waals surface area contributed by atoms with Crippen molar-refractivity contribution in [2.24, 2.45) is 0 Å². The fourth-order valence-corrected chi connectivity index (χ4v) is 2.99. The van der Waals surface area contributed by atoms with E-state index in [1.54, 1.807) is 11.0 Å². The van der Waals surface area contributed by atoms with Crippen LogP contribution in [0.2, 0.25) is 0 Å². The van der Waals surface area contributed by atoms with E-state index in [1.165, 1.54) is 0 Å². The minimum absolute atomic E-state index is 0.112. The quantitative estimate of drug-likeness (QED) is 0.862. The lowest BCUT2D eigenvalue weighted by molar-refractivity contribution is 0.0717. The number of nitrogens with zero attached hydrogens (tertiary/aromatic N) is 4. The summed E-state index contributed by atoms with van der Waals surface area (Å²) < 4.78 is 10.6. The van der Waals surface area contributed by atoms with Gasteiger partial charge in [0.1, 0.15) is 5.76 Å². The van der Waals surface area contributed by atoms with Gasteiger partial charge in [-0.2, -0.15) is 4.98 Å². The predicted octanol–water partition coefficient (Wildman–Crippen LogP) is 3.04. The van der Waals surface area contributed by atoms with Gasteiger partial charge >= 0.3 is 0 Å². The van der Waals surface area contributed by atoms with Gasteiger partial charge in [0.05, 0.1) is 6.04 Å². The van der Waals surface area contributed by atoms with Gasteiger partial charge in [0.2, 0.25) is 5.89 Å². The molecule has 2 aromatic rings. The van der Waals surface area contributed by atoms with Crippen LogP contribution in [0, 0.1) is 0 Å². The topological polar surface area (TPSA) is 85.3 Å². The number of likely N-dealkylation sites (tertiary alicyclic amines) is 1. The van der Waals surface area contributed by atoms with Gasteiger partial charge in [0, 0.05) is 24.4 Å². The van der Waals surface area contributed by atoms with Crippen LogP contribution in [-0.2, 0) is 0 Å². The summed E-state index contributed by atoms with van der Waals surface area (Å²) in [7, 11) is 0. The molecule has 2 aliphatic rings. The normalized spacial score (nSPS) is 21.3. The second-order valence-electron chi connectivity index (χ2n) is 6.69. The average molecular weight is 316 g/mol. The molecule has 1 atom stereocenters. The second kappa shape index (κ2) is 5.47. The van der Waals surface area contributed by atoms with Gasteiger partial charge in [-0.25, -0.2) is 0 Å². The Morgan fingerprint density at radius 3 is 2.78 bits per heavy atom. The predicted molar refractivity (Wildman–Crippen MR) is 79.9 cm³/mol. The summed E-state index contributed by atoms with van der Waals surface area (Å²) in [6.45, 7) is 4.69. The van der Waals surface area contributed by atoms with E-state index in [0.29, 0.717) is 29.9 Å². The zero-order valence-electron chi connectivity index (χ0n) is 13.4. The Hall–Kier alpha value is -2.18. The lowest BCUT2D eigenvalue weighted by Crippen LogP contribution is -2.31. The van der Waals surface area contributed by atoms with Crippen LogP contribution in [0.3, 0.4) is 0 Å². The molecule has 7 nitrogen and oxygen atoms in total. The maximum Gasteiger partial charge on any atom is 0.276 e. The molecule has 7 heteroatoms. The zero-order chi connectivity index (χ0) is 16.0. The third-order valence-electron chi connectivity index (χ3n) is 4.49. The third kappa shape index (κ3) is 2.64. The molecule has 1 aliphatic heterocycles. The molecule has 1 aliphatic carbocycles. The van der Waals surface area contributed by atoms with Gasteiger partial charge < -0.3 is 13.9 Å². The fraction of sp³-hybridized carbons (Fsp3) is 0.625. The van der Waals surface area contributed by atoms with Crippen LogP contribution < -0.4 is 0 Å². The molecule has 1 amide bonds. The Labute approximate surface area is 134 Å². The smallest absolute Gasteiger partial charge is 0.276 e. The molecule has 122 valence electrons. The number of carbonyl (C=O) groups excluding carboxylic acids is 1. The summed E-state index contributed by atoms with van der Waals surface area (Å²) in [4.78, 5) is 19.0. The minimum Gasteiger partial charge on any atom is -0.360 e. The Bertz CT molecular complexity index is 716. The van der Waals surface area contributed by atoms with Gasteiger partial charge in [0.15, 0.2) is 11.5 Å². The van der Waals surface area contributed by atoms with Crippen LogP contribution in [0.5, 0.6) is 0 Å². The summed E-state index contributed by atoms with van der Waals surface area (Å²) in [5.41, 5.74) is 0.381. The molecule has 1 saturated heterocycles. The maximum atomic E-state index is 12.7. The first-order valence-electron chi connectivity index (χ1n) is 8.24. The molecule has 0 bridgehead atoms. The van der Waals surface area contributed by atoms with E-state index < -0.39 is 0 Å². The van der Waals surface area contributed by atoms with Gasteiger partial charge in [-0.05, 0) is 25.7 Å². The number of rotatable bonds is 4. The summed E-state index contributed by atoms with van der Waals surface area (Å²) in [5.74, 6) is 2.54. The van der Waals surface area contributed by atoms with E-state index in [4.69, 9.17) is 9.05 Å². The van der Waals surface area contributed by atoms with Crippen molar-refractivity contribution in [1.82, 2.24) is 20.2 Å². The van der Waals surface area contributed by atoms with Gasteiger partial charge in [-0.15, -0.1) is 0 Å². The van der Waals surface area contributed by atoms with Crippen LogP contribution in [0.1, 0.15) is 85.4 Å². The van der Waals surface area contributed by atoms with Gasteiger partial charge in [0.25, 0.3) is 5.91 Å². The van der Waals surface area contributed by atoms with E-state index in [1.807, 2.05) is 13.8 Å². The Morgan fingerprint density at radius 2 is 2.09 bits per heavy atom. The first-order chi connectivity index (χ1) is 11.1. The highest BCUT2D eigenvalue weighted by Crippen LogP contribution is 2.40. The number of amides is 1. The standard InChI is InChI=1S/C16H20N4O3/c1-9(2)15-17-14(19-23-15)12-4-3-7-20(12)16(21)11-8-13(22-18-11)10-5-6-10/h8-10,12H,3-7H2,1-2H3/t12-/m0/s1. The summed E-state index contributed by atoms with van der Waals surface area (Å²) in [6.07, 6.45) is 4.01. The SMILES string of the molecule is CC(C)c1nc([C@@H]2CCCN2C(=O)c2cc(C3CC3)on2)no1. The van der Waals surface area contributed by atoms with Crippen molar-refractivity contribution >= 4 is 5.91 Å². The van der Waals surface area contributed by atoms with Gasteiger partial charge in [-0.1, -0.05) is 24.2 Å². The summed E-state index contributed by atoms with van der Waals surface area (Å²) >= 11 is 0. The number of aromatic nitrogens is 3. The average Bonchev–Trinajstić information content (AvgIpc) is 3.02. The summed E-state index contributed by atoms with van der Waals surface area (Å²) in [5, 5.41) is 8.02. The Kier molecular flexibility index (Phi) is 3.43. The molecule has 2 aromatic heterocycles. The van der Waals surface area contributed by atoms with Crippen molar-refractivity contribution in [3.63, 3.8) is 0 Å². The molecular formula is C16H20N4O3. The first-order valence-corrected chi connectivity index (χ1v) is 8.24. The van der Waals surface area contributed by atoms with Crippen molar-refractivity contribution in [2.75, 3.05) is 6.54 Å². The van der Waals surface area contributed by atoms with Crippen molar-refractivity contribution in [3.05, 3.63) is 29.2 Å². The van der Waals surface area contributed by atoms with Gasteiger partial charge in [-0.3, -0.25) is 4.79 Å². The summed E-state index contributed by atoms with van der Waals surface area (Å²) in [6, 6.07) is 1.64. The molecule has 0 unspecified atom stereocenters. The largest absolute Gasteiger partial charge is 0.360 e. The highest BCUT2D eigenvalue weighted by molar-refractivity contribution is 5.92.